The molecule has 3 rings (SSSR count). The van der Waals surface area contributed by atoms with Crippen molar-refractivity contribution in [1.82, 2.24) is 0 Å². The molecule has 1 heterocycles. The lowest BCUT2D eigenvalue weighted by Gasteiger charge is -2.16. The third-order valence-corrected chi connectivity index (χ3v) is 4.04. The molecule has 0 aliphatic carbocycles. The molecule has 0 radical (unpaired) electrons. The van der Waals surface area contributed by atoms with Gasteiger partial charge in [0.2, 0.25) is 5.91 Å². The van der Waals surface area contributed by atoms with Crippen LogP contribution in [0, 0.1) is 0 Å². The molecule has 1 fully saturated rings. The number of benzene rings is 2. The van der Waals surface area contributed by atoms with Crippen LogP contribution >= 0.6 is 0 Å². The Morgan fingerprint density at radius 1 is 1.09 bits per heavy atom. The molecule has 4 nitrogen and oxygen atoms in total. The quantitative estimate of drug-likeness (QED) is 0.808. The van der Waals surface area contributed by atoms with Crippen molar-refractivity contribution in [2.45, 2.75) is 25.9 Å². The summed E-state index contributed by atoms with van der Waals surface area (Å²) in [5.41, 5.74) is 2.28. The van der Waals surface area contributed by atoms with Gasteiger partial charge in [-0.2, -0.15) is 0 Å². The Hall–Kier alpha value is -2.62. The monoisotopic (exact) mass is 309 g/mol. The van der Waals surface area contributed by atoms with E-state index in [1.165, 1.54) is 0 Å². The molecule has 0 saturated carbocycles. The molecule has 118 valence electrons. The third-order valence-electron chi connectivity index (χ3n) is 4.04. The zero-order valence-electron chi connectivity index (χ0n) is 13.1. The number of hydrogen-bond donors (Lipinski definition) is 0. The van der Waals surface area contributed by atoms with E-state index in [0.29, 0.717) is 12.0 Å². The van der Waals surface area contributed by atoms with Gasteiger partial charge >= 0.3 is 5.97 Å². The summed E-state index contributed by atoms with van der Waals surface area (Å²) in [7, 11) is 0. The Labute approximate surface area is 135 Å². The maximum absolute atomic E-state index is 12.2. The van der Waals surface area contributed by atoms with Crippen LogP contribution in [0.3, 0.4) is 0 Å². The topological polar surface area (TPSA) is 46.6 Å². The van der Waals surface area contributed by atoms with Crippen molar-refractivity contribution in [2.24, 2.45) is 0 Å². The molecule has 0 N–H and O–H groups in total. The fourth-order valence-corrected chi connectivity index (χ4v) is 2.72. The SMILES string of the molecule is C[C@@H](OC(=O)c1ccc(N2CCCC2=O)cc1)c1ccccc1. The van der Waals surface area contributed by atoms with Crippen molar-refractivity contribution >= 4 is 17.6 Å². The minimum absolute atomic E-state index is 0.137. The molecular formula is C19H19NO3. The molecular weight excluding hydrogens is 290 g/mol. The molecule has 2 aromatic carbocycles. The predicted molar refractivity (Wildman–Crippen MR) is 88.3 cm³/mol. The normalized spacial score (nSPS) is 15.5. The first kappa shape index (κ1) is 15.3. The van der Waals surface area contributed by atoms with Crippen molar-refractivity contribution in [3.63, 3.8) is 0 Å². The molecule has 1 amide bonds. The summed E-state index contributed by atoms with van der Waals surface area (Å²) in [5, 5.41) is 0. The van der Waals surface area contributed by atoms with Crippen molar-refractivity contribution in [3.8, 4) is 0 Å². The fraction of sp³-hybridized carbons (Fsp3) is 0.263. The van der Waals surface area contributed by atoms with Crippen LogP contribution in [0.4, 0.5) is 5.69 Å². The zero-order chi connectivity index (χ0) is 16.2. The molecule has 0 unspecified atom stereocenters. The van der Waals surface area contributed by atoms with Crippen molar-refractivity contribution in [2.75, 3.05) is 11.4 Å². The predicted octanol–water partition coefficient (Wildman–Crippen LogP) is 3.73. The van der Waals surface area contributed by atoms with Gasteiger partial charge in [-0.3, -0.25) is 4.79 Å². The van der Waals surface area contributed by atoms with Crippen LogP contribution in [0.25, 0.3) is 0 Å². The van der Waals surface area contributed by atoms with E-state index < -0.39 is 0 Å². The average molecular weight is 309 g/mol. The van der Waals surface area contributed by atoms with Gasteiger partial charge in [0.1, 0.15) is 6.10 Å². The second-order valence-electron chi connectivity index (χ2n) is 5.65. The summed E-state index contributed by atoms with van der Waals surface area (Å²) in [6, 6.07) is 16.6. The molecule has 1 aliphatic heterocycles. The summed E-state index contributed by atoms with van der Waals surface area (Å²) in [6.07, 6.45) is 1.18. The lowest BCUT2D eigenvalue weighted by atomic mass is 10.1. The molecule has 23 heavy (non-hydrogen) atoms. The number of carbonyl (C=O) groups is 2. The molecule has 1 saturated heterocycles. The average Bonchev–Trinajstić information content (AvgIpc) is 3.02. The molecule has 0 aromatic heterocycles. The van der Waals surface area contributed by atoms with Crippen LogP contribution in [-0.2, 0) is 9.53 Å². The van der Waals surface area contributed by atoms with Gasteiger partial charge in [0, 0.05) is 18.7 Å². The number of amides is 1. The van der Waals surface area contributed by atoms with E-state index in [9.17, 15) is 9.59 Å². The highest BCUT2D eigenvalue weighted by atomic mass is 16.5. The van der Waals surface area contributed by atoms with Gasteiger partial charge in [0.25, 0.3) is 0 Å². The minimum Gasteiger partial charge on any atom is -0.454 e. The van der Waals surface area contributed by atoms with E-state index in [1.807, 2.05) is 37.3 Å². The highest BCUT2D eigenvalue weighted by molar-refractivity contribution is 5.96. The van der Waals surface area contributed by atoms with Gasteiger partial charge in [-0.15, -0.1) is 0 Å². The molecule has 2 aromatic rings. The highest BCUT2D eigenvalue weighted by Crippen LogP contribution is 2.23. The first-order valence-electron chi connectivity index (χ1n) is 7.81. The maximum Gasteiger partial charge on any atom is 0.338 e. The van der Waals surface area contributed by atoms with Gasteiger partial charge in [-0.05, 0) is 43.2 Å². The first-order valence-corrected chi connectivity index (χ1v) is 7.81. The van der Waals surface area contributed by atoms with Crippen molar-refractivity contribution < 1.29 is 14.3 Å². The highest BCUT2D eigenvalue weighted by Gasteiger charge is 2.22. The van der Waals surface area contributed by atoms with E-state index in [-0.39, 0.29) is 18.0 Å². The standard InChI is InChI=1S/C19H19NO3/c1-14(15-6-3-2-4-7-15)23-19(22)16-9-11-17(12-10-16)20-13-5-8-18(20)21/h2-4,6-7,9-12,14H,5,8,13H2,1H3/t14-/m1/s1. The minimum atomic E-state index is -0.361. The van der Waals surface area contributed by atoms with Crippen LogP contribution < -0.4 is 4.90 Å². The number of anilines is 1. The van der Waals surface area contributed by atoms with Gasteiger partial charge in [0.05, 0.1) is 5.56 Å². The van der Waals surface area contributed by atoms with E-state index >= 15 is 0 Å². The number of hydrogen-bond acceptors (Lipinski definition) is 3. The number of ether oxygens (including phenoxy) is 1. The summed E-state index contributed by atoms with van der Waals surface area (Å²) in [5.74, 6) is -0.223. The van der Waals surface area contributed by atoms with Gasteiger partial charge in [0.15, 0.2) is 0 Å². The van der Waals surface area contributed by atoms with E-state index in [2.05, 4.69) is 0 Å². The van der Waals surface area contributed by atoms with Gasteiger partial charge in [-0.25, -0.2) is 4.79 Å². The Morgan fingerprint density at radius 3 is 2.39 bits per heavy atom. The van der Waals surface area contributed by atoms with Crippen LogP contribution in [0.2, 0.25) is 0 Å². The lowest BCUT2D eigenvalue weighted by Crippen LogP contribution is -2.23. The van der Waals surface area contributed by atoms with Gasteiger partial charge < -0.3 is 9.64 Å². The van der Waals surface area contributed by atoms with Crippen LogP contribution in [-0.4, -0.2) is 18.4 Å². The van der Waals surface area contributed by atoms with E-state index in [0.717, 1.165) is 24.2 Å². The fourth-order valence-electron chi connectivity index (χ4n) is 2.72. The summed E-state index contributed by atoms with van der Waals surface area (Å²) >= 11 is 0. The summed E-state index contributed by atoms with van der Waals surface area (Å²) < 4.78 is 5.49. The second-order valence-corrected chi connectivity index (χ2v) is 5.65. The number of rotatable bonds is 4. The molecule has 4 heteroatoms. The van der Waals surface area contributed by atoms with Crippen molar-refractivity contribution in [1.29, 1.82) is 0 Å². The second kappa shape index (κ2) is 6.65. The van der Waals surface area contributed by atoms with Crippen LogP contribution in [0.15, 0.2) is 54.6 Å². The van der Waals surface area contributed by atoms with E-state index in [4.69, 9.17) is 4.74 Å². The van der Waals surface area contributed by atoms with Crippen LogP contribution in [0.1, 0.15) is 41.8 Å². The van der Waals surface area contributed by atoms with E-state index in [1.54, 1.807) is 29.2 Å². The first-order chi connectivity index (χ1) is 11.1. The molecule has 0 bridgehead atoms. The van der Waals surface area contributed by atoms with Crippen molar-refractivity contribution in [3.05, 3.63) is 65.7 Å². The molecule has 0 spiro atoms. The summed E-state index contributed by atoms with van der Waals surface area (Å²) in [6.45, 7) is 2.60. The smallest absolute Gasteiger partial charge is 0.338 e. The third kappa shape index (κ3) is 3.42. The Balaban J connectivity index is 1.67. The summed E-state index contributed by atoms with van der Waals surface area (Å²) in [4.78, 5) is 25.7. The largest absolute Gasteiger partial charge is 0.454 e. The van der Waals surface area contributed by atoms with Crippen LogP contribution in [0.5, 0.6) is 0 Å². The maximum atomic E-state index is 12.2. The molecule has 1 atom stereocenters. The lowest BCUT2D eigenvalue weighted by molar-refractivity contribution is -0.117. The number of carbonyl (C=O) groups excluding carboxylic acids is 2. The number of nitrogens with zero attached hydrogens (tertiary/aromatic N) is 1. The van der Waals surface area contributed by atoms with Gasteiger partial charge in [-0.1, -0.05) is 30.3 Å². The Bertz CT molecular complexity index is 694. The number of esters is 1. The molecule has 1 aliphatic rings. The zero-order valence-corrected chi connectivity index (χ0v) is 13.1. The Morgan fingerprint density at radius 2 is 1.78 bits per heavy atom. The Kier molecular flexibility index (Phi) is 4.42.